The van der Waals surface area contributed by atoms with E-state index in [-0.39, 0.29) is 11.8 Å². The molecule has 0 unspecified atom stereocenters. The molecule has 2 aliphatic heterocycles. The van der Waals surface area contributed by atoms with E-state index in [2.05, 4.69) is 0 Å². The summed E-state index contributed by atoms with van der Waals surface area (Å²) in [5, 5.41) is 1.68. The van der Waals surface area contributed by atoms with Crippen LogP contribution in [-0.2, 0) is 21.0 Å². The molecule has 0 bridgehead atoms. The molecule has 0 aromatic heterocycles. The van der Waals surface area contributed by atoms with Crippen LogP contribution in [0.3, 0.4) is 0 Å². The monoisotopic (exact) mass is 520 g/mol. The molecule has 4 aromatic rings. The molecule has 2 fully saturated rings. The second kappa shape index (κ2) is 10.6. The van der Waals surface area contributed by atoms with Crippen LogP contribution in [0.1, 0.15) is 24.1 Å². The number of fused-ring (bicyclic) bond motifs is 1. The van der Waals surface area contributed by atoms with E-state index in [0.29, 0.717) is 30.4 Å². The maximum absolute atomic E-state index is 13.8. The van der Waals surface area contributed by atoms with E-state index in [1.54, 1.807) is 29.3 Å². The Morgan fingerprint density at radius 2 is 1.36 bits per heavy atom. The number of ether oxygens (including phenoxy) is 2. The quantitative estimate of drug-likeness (QED) is 0.277. The van der Waals surface area contributed by atoms with Crippen LogP contribution in [0.2, 0.25) is 0 Å². The summed E-state index contributed by atoms with van der Waals surface area (Å²) in [6, 6.07) is 33.5. The van der Waals surface area contributed by atoms with Crippen molar-refractivity contribution in [2.45, 2.75) is 25.7 Å². The Morgan fingerprint density at radius 1 is 0.718 bits per heavy atom. The number of nitrogens with zero attached hydrogens (tertiary/aromatic N) is 2. The third-order valence-corrected chi connectivity index (χ3v) is 6.99. The van der Waals surface area contributed by atoms with Gasteiger partial charge in [0.25, 0.3) is 5.91 Å². The molecule has 0 spiro atoms. The van der Waals surface area contributed by atoms with Gasteiger partial charge in [0.1, 0.15) is 12.5 Å². The molecule has 6 rings (SSSR count). The van der Waals surface area contributed by atoms with E-state index in [4.69, 9.17) is 14.3 Å². The molecule has 7 heteroatoms. The molecule has 0 radical (unpaired) electrons. The number of hydroxylamine groups is 1. The van der Waals surface area contributed by atoms with Gasteiger partial charge < -0.3 is 9.47 Å². The molecule has 196 valence electrons. The predicted octanol–water partition coefficient (Wildman–Crippen LogP) is 5.72. The summed E-state index contributed by atoms with van der Waals surface area (Å²) in [4.78, 5) is 34.8. The van der Waals surface area contributed by atoms with E-state index >= 15 is 0 Å². The highest BCUT2D eigenvalue weighted by Gasteiger charge is 2.60. The van der Waals surface area contributed by atoms with Gasteiger partial charge in [-0.1, -0.05) is 72.8 Å². The average molecular weight is 521 g/mol. The fourth-order valence-corrected chi connectivity index (χ4v) is 5.22. The highest BCUT2D eigenvalue weighted by Crippen LogP contribution is 2.48. The minimum absolute atomic E-state index is 0.290. The maximum Gasteiger partial charge on any atom is 0.266 e. The van der Waals surface area contributed by atoms with Crippen LogP contribution in [0.25, 0.3) is 0 Å². The first kappa shape index (κ1) is 24.7. The van der Waals surface area contributed by atoms with Gasteiger partial charge in [-0.15, -0.1) is 0 Å². The molecule has 2 aliphatic rings. The van der Waals surface area contributed by atoms with Gasteiger partial charge >= 0.3 is 0 Å². The van der Waals surface area contributed by atoms with Gasteiger partial charge in [0.05, 0.1) is 24.0 Å². The number of amides is 2. The third-order valence-electron chi connectivity index (χ3n) is 6.99. The second-order valence-corrected chi connectivity index (χ2v) is 9.42. The number of para-hydroxylation sites is 2. The number of carbonyl (C=O) groups is 2. The Hall–Kier alpha value is -4.62. The number of anilines is 2. The van der Waals surface area contributed by atoms with Crippen molar-refractivity contribution in [3.05, 3.63) is 120 Å². The summed E-state index contributed by atoms with van der Waals surface area (Å²) in [6.45, 7) is 2.75. The summed E-state index contributed by atoms with van der Waals surface area (Å²) in [5.41, 5.74) is 3.13. The molecule has 0 N–H and O–H groups in total. The van der Waals surface area contributed by atoms with E-state index in [1.807, 2.05) is 91.9 Å². The first-order valence-corrected chi connectivity index (χ1v) is 13.0. The van der Waals surface area contributed by atoms with Crippen LogP contribution in [-0.4, -0.2) is 24.5 Å². The van der Waals surface area contributed by atoms with Gasteiger partial charge in [-0.25, -0.2) is 9.96 Å². The van der Waals surface area contributed by atoms with Crippen molar-refractivity contribution in [1.82, 2.24) is 0 Å². The Bertz CT molecular complexity index is 1460. The average Bonchev–Trinajstić information content (AvgIpc) is 3.49. The third kappa shape index (κ3) is 4.62. The van der Waals surface area contributed by atoms with Crippen LogP contribution >= 0.6 is 0 Å². The highest BCUT2D eigenvalue weighted by atomic mass is 16.7. The van der Waals surface area contributed by atoms with Gasteiger partial charge in [0, 0.05) is 0 Å². The summed E-state index contributed by atoms with van der Waals surface area (Å²) >= 11 is 0. The Kier molecular flexibility index (Phi) is 6.73. The SMILES string of the molecule is CCOc1cc([C@H]2[C@H]3C(=O)N(c4ccccc4)C(=O)[C@@H]3ON2c2ccccc2)ccc1OCc1ccccc1. The number of imide groups is 1. The lowest BCUT2D eigenvalue weighted by Gasteiger charge is -2.29. The molecule has 39 heavy (non-hydrogen) atoms. The van der Waals surface area contributed by atoms with Crippen LogP contribution in [0.5, 0.6) is 11.5 Å². The molecule has 3 atom stereocenters. The lowest BCUT2D eigenvalue weighted by atomic mass is 9.90. The van der Waals surface area contributed by atoms with Crippen LogP contribution < -0.4 is 19.4 Å². The number of rotatable bonds is 8. The summed E-state index contributed by atoms with van der Waals surface area (Å²) < 4.78 is 12.1. The van der Waals surface area contributed by atoms with Crippen LogP contribution in [0.15, 0.2) is 109 Å². The zero-order chi connectivity index (χ0) is 26.8. The van der Waals surface area contributed by atoms with E-state index in [0.717, 1.165) is 16.8 Å². The van der Waals surface area contributed by atoms with E-state index < -0.39 is 18.1 Å². The van der Waals surface area contributed by atoms with Crippen molar-refractivity contribution in [3.63, 3.8) is 0 Å². The predicted molar refractivity (Wildman–Crippen MR) is 147 cm³/mol. The van der Waals surface area contributed by atoms with Crippen molar-refractivity contribution >= 4 is 23.2 Å². The number of carbonyl (C=O) groups excluding carboxylic acids is 2. The van der Waals surface area contributed by atoms with Crippen LogP contribution in [0.4, 0.5) is 11.4 Å². The molecule has 7 nitrogen and oxygen atoms in total. The summed E-state index contributed by atoms with van der Waals surface area (Å²) in [5.74, 6) is -0.219. The van der Waals surface area contributed by atoms with E-state index in [9.17, 15) is 9.59 Å². The molecular formula is C32H28N2O5. The summed E-state index contributed by atoms with van der Waals surface area (Å²) in [6.07, 6.45) is -0.938. The van der Waals surface area contributed by atoms with Gasteiger partial charge in [0.15, 0.2) is 17.6 Å². The molecular weight excluding hydrogens is 492 g/mol. The standard InChI is InChI=1S/C32H28N2O5/c1-2-37-27-20-23(18-19-26(27)38-21-22-12-6-3-7-13-22)29-28-30(39-34(29)25-16-10-5-11-17-25)32(36)33(31(28)35)24-14-8-4-9-15-24/h3-20,28-30H,2,21H2,1H3/t28-,29+,30-/m1/s1. The second-order valence-electron chi connectivity index (χ2n) is 9.42. The molecule has 2 saturated heterocycles. The smallest absolute Gasteiger partial charge is 0.266 e. The molecule has 2 heterocycles. The zero-order valence-corrected chi connectivity index (χ0v) is 21.5. The zero-order valence-electron chi connectivity index (χ0n) is 21.5. The number of hydrogen-bond acceptors (Lipinski definition) is 6. The fraction of sp³-hybridized carbons (Fsp3) is 0.188. The van der Waals surface area contributed by atoms with Gasteiger partial charge in [-0.3, -0.25) is 14.4 Å². The van der Waals surface area contributed by atoms with Crippen LogP contribution in [0, 0.1) is 5.92 Å². The van der Waals surface area contributed by atoms with E-state index in [1.165, 1.54) is 4.90 Å². The fourth-order valence-electron chi connectivity index (χ4n) is 5.22. The highest BCUT2D eigenvalue weighted by molar-refractivity contribution is 6.23. The minimum atomic E-state index is -0.938. The van der Waals surface area contributed by atoms with Gasteiger partial charge in [-0.05, 0) is 54.4 Å². The van der Waals surface area contributed by atoms with Crippen molar-refractivity contribution in [3.8, 4) is 11.5 Å². The number of benzene rings is 4. The number of hydrogen-bond donors (Lipinski definition) is 0. The normalized spacial score (nSPS) is 20.3. The first-order valence-electron chi connectivity index (χ1n) is 13.0. The summed E-state index contributed by atoms with van der Waals surface area (Å²) in [7, 11) is 0. The minimum Gasteiger partial charge on any atom is -0.490 e. The largest absolute Gasteiger partial charge is 0.490 e. The Morgan fingerprint density at radius 3 is 2.03 bits per heavy atom. The Labute approximate surface area is 227 Å². The Balaban J connectivity index is 1.37. The molecule has 0 saturated carbocycles. The van der Waals surface area contributed by atoms with Gasteiger partial charge in [0.2, 0.25) is 5.91 Å². The molecule has 0 aliphatic carbocycles. The molecule has 4 aromatic carbocycles. The lowest BCUT2D eigenvalue weighted by molar-refractivity contribution is -0.126. The first-order chi connectivity index (χ1) is 19.2. The lowest BCUT2D eigenvalue weighted by Crippen LogP contribution is -2.37. The van der Waals surface area contributed by atoms with Gasteiger partial charge in [-0.2, -0.15) is 0 Å². The van der Waals surface area contributed by atoms with Crippen molar-refractivity contribution in [2.24, 2.45) is 5.92 Å². The van der Waals surface area contributed by atoms with Crippen molar-refractivity contribution in [1.29, 1.82) is 0 Å². The van der Waals surface area contributed by atoms with Crippen molar-refractivity contribution in [2.75, 3.05) is 16.6 Å². The topological polar surface area (TPSA) is 68.3 Å². The molecule has 2 amide bonds. The van der Waals surface area contributed by atoms with Crippen molar-refractivity contribution < 1.29 is 23.9 Å². The maximum atomic E-state index is 13.8.